The third kappa shape index (κ3) is 9.40. The van der Waals surface area contributed by atoms with E-state index in [1.54, 1.807) is 0 Å². The molecule has 0 N–H and O–H groups in total. The fourth-order valence-electron chi connectivity index (χ4n) is 21.8. The van der Waals surface area contributed by atoms with Crippen molar-refractivity contribution in [3.05, 3.63) is 396 Å². The molecule has 4 aliphatic carbocycles. The van der Waals surface area contributed by atoms with Crippen molar-refractivity contribution >= 4 is 64.6 Å². The van der Waals surface area contributed by atoms with Crippen LogP contribution in [0.2, 0.25) is 0 Å². The molecule has 538 valence electrons. The van der Waals surface area contributed by atoms with Crippen LogP contribution in [0, 0.1) is 0 Å². The second kappa shape index (κ2) is 24.1. The van der Waals surface area contributed by atoms with E-state index in [1.807, 2.05) is 0 Å². The van der Waals surface area contributed by atoms with E-state index in [0.29, 0.717) is 0 Å². The van der Waals surface area contributed by atoms with Gasteiger partial charge in [-0.25, -0.2) is 0 Å². The molecule has 114 heavy (non-hydrogen) atoms. The fourth-order valence-corrected chi connectivity index (χ4v) is 21.8. The van der Waals surface area contributed by atoms with Crippen molar-refractivity contribution in [1.82, 2.24) is 0 Å². The monoisotopic (exact) mass is 1450 g/mol. The zero-order valence-electron chi connectivity index (χ0n) is 65.5. The van der Waals surface area contributed by atoms with Crippen LogP contribution in [0.1, 0.15) is 99.9 Å². The van der Waals surface area contributed by atoms with Gasteiger partial charge in [-0.2, -0.15) is 0 Å². The highest BCUT2D eigenvalue weighted by atomic mass is 14.4. The molecule has 0 fully saturated rings. The molecule has 19 aromatic carbocycles. The van der Waals surface area contributed by atoms with E-state index in [-0.39, 0.29) is 21.7 Å². The minimum absolute atomic E-state index is 0.195. The lowest BCUT2D eigenvalue weighted by Gasteiger charge is -2.25. The maximum atomic E-state index is 2.58. The number of fused-ring (bicyclic) bond motifs is 18. The molecular weight excluding hydrogens is 1370 g/mol. The molecule has 0 saturated carbocycles. The van der Waals surface area contributed by atoms with E-state index in [1.165, 1.54) is 243 Å². The van der Waals surface area contributed by atoms with Gasteiger partial charge in [0.05, 0.1) is 0 Å². The number of benzene rings is 19. The molecule has 4 aliphatic rings. The zero-order valence-corrected chi connectivity index (χ0v) is 65.5. The summed E-state index contributed by atoms with van der Waals surface area (Å²) < 4.78 is 0. The molecular formula is C114H82. The van der Waals surface area contributed by atoms with Crippen LogP contribution in [-0.2, 0) is 21.7 Å². The van der Waals surface area contributed by atoms with E-state index in [0.717, 1.165) is 0 Å². The Hall–Kier alpha value is -13.3. The molecule has 23 rings (SSSR count). The standard InChI is InChI=1S/C114H82/c1-111(2)97-39-23-19-31-77(97)81-51-45-73(63-101(81)111)107-91-57-49-71(61-95(91)109(89-55-43-69(59-93(89)107)67-27-11-9-12-28-67)75-47-53-83-79-33-21-25-41-99(79)113(5,6)103(83)65-75)105-85-35-15-17-37-87(85)106(88-38-18-16-36-86(88)105)72-50-58-92-96(62-72)110(76-48-54-84-80-34-22-26-42-100(80)114(7,8)104(84)66-76)90-56-44-70(68-29-13-10-14-30-68)60-94(90)108(92)74-46-52-82-78-32-20-24-40-98(78)112(3,4)102(82)64-74/h9-66H,1-8H3. The van der Waals surface area contributed by atoms with Crippen LogP contribution < -0.4 is 0 Å². The first kappa shape index (κ1) is 66.5. The molecule has 0 amide bonds. The van der Waals surface area contributed by atoms with Crippen molar-refractivity contribution in [3.8, 4) is 134 Å². The molecule has 0 atom stereocenters. The molecule has 0 aromatic heterocycles. The van der Waals surface area contributed by atoms with E-state index in [2.05, 4.69) is 407 Å². The Balaban J connectivity index is 0.788. The predicted octanol–water partition coefficient (Wildman–Crippen LogP) is 31.2. The molecule has 0 nitrogen and oxygen atoms in total. The zero-order chi connectivity index (χ0) is 76.4. The van der Waals surface area contributed by atoms with Gasteiger partial charge in [-0.1, -0.05) is 359 Å². The van der Waals surface area contributed by atoms with Gasteiger partial charge in [0.15, 0.2) is 0 Å². The van der Waals surface area contributed by atoms with Gasteiger partial charge in [-0.15, -0.1) is 0 Å². The molecule has 0 spiro atoms. The maximum Gasteiger partial charge on any atom is 0.0159 e. The van der Waals surface area contributed by atoms with Crippen molar-refractivity contribution in [2.24, 2.45) is 0 Å². The smallest absolute Gasteiger partial charge is 0.0159 e. The number of hydrogen-bond donors (Lipinski definition) is 0. The highest BCUT2D eigenvalue weighted by Gasteiger charge is 2.41. The lowest BCUT2D eigenvalue weighted by molar-refractivity contribution is 0.660. The normalized spacial score (nSPS) is 14.6. The first-order chi connectivity index (χ1) is 55.6. The molecule has 0 saturated heterocycles. The average molecular weight is 1450 g/mol. The quantitative estimate of drug-likeness (QED) is 0.133. The average Bonchev–Trinajstić information content (AvgIpc) is 1.03. The van der Waals surface area contributed by atoms with Gasteiger partial charge in [0.2, 0.25) is 0 Å². The van der Waals surface area contributed by atoms with Gasteiger partial charge >= 0.3 is 0 Å². The highest BCUT2D eigenvalue weighted by molar-refractivity contribution is 6.28. The SMILES string of the molecule is CC1(C)c2ccccc2-c2ccc(-c3c4ccc(-c5c6ccccc6c(-c6ccc7c(-c8ccc9c(c8)C(C)(C)c8ccccc8-9)c8cc(-c9ccccc9)ccc8c(-c8ccc9c(c8)C(C)(C)c8ccccc8-9)c7c6)c6ccccc56)cc4c(-c4ccc5c(c4)C(C)(C)c4ccccc4-5)c4ccc(-c5ccccc5)cc34)cc21. The Morgan fingerprint density at radius 2 is 0.307 bits per heavy atom. The topological polar surface area (TPSA) is 0 Å². The Morgan fingerprint density at radius 3 is 0.579 bits per heavy atom. The summed E-state index contributed by atoms with van der Waals surface area (Å²) in [7, 11) is 0. The number of rotatable bonds is 8. The fraction of sp³-hybridized carbons (Fsp3) is 0.105. The summed E-state index contributed by atoms with van der Waals surface area (Å²) in [5, 5.41) is 14.7. The van der Waals surface area contributed by atoms with Crippen LogP contribution in [0.25, 0.3) is 198 Å². The molecule has 0 heterocycles. The van der Waals surface area contributed by atoms with Gasteiger partial charge in [-0.3, -0.25) is 0 Å². The third-order valence-corrected chi connectivity index (χ3v) is 27.4. The Kier molecular flexibility index (Phi) is 14.1. The van der Waals surface area contributed by atoms with Gasteiger partial charge < -0.3 is 0 Å². The third-order valence-electron chi connectivity index (χ3n) is 27.4. The van der Waals surface area contributed by atoms with Gasteiger partial charge in [0, 0.05) is 21.7 Å². The van der Waals surface area contributed by atoms with E-state index in [4.69, 9.17) is 0 Å². The maximum absolute atomic E-state index is 2.58. The van der Waals surface area contributed by atoms with Crippen LogP contribution >= 0.6 is 0 Å². The largest absolute Gasteiger partial charge is 0.0622 e. The van der Waals surface area contributed by atoms with Crippen LogP contribution in [0.5, 0.6) is 0 Å². The van der Waals surface area contributed by atoms with Gasteiger partial charge in [0.25, 0.3) is 0 Å². The molecule has 0 aliphatic heterocycles. The minimum atomic E-state index is -0.206. The molecule has 19 aromatic rings. The van der Waals surface area contributed by atoms with Crippen molar-refractivity contribution in [3.63, 3.8) is 0 Å². The summed E-state index contributed by atoms with van der Waals surface area (Å²) in [5.41, 5.74) is 40.3. The molecule has 0 bridgehead atoms. The summed E-state index contributed by atoms with van der Waals surface area (Å²) in [5.74, 6) is 0. The Labute approximate surface area is 667 Å². The lowest BCUT2D eigenvalue weighted by atomic mass is 9.78. The van der Waals surface area contributed by atoms with Gasteiger partial charge in [0.1, 0.15) is 0 Å². The molecule has 0 heteroatoms. The second-order valence-electron chi connectivity index (χ2n) is 34.8. The summed E-state index contributed by atoms with van der Waals surface area (Å²) in [4.78, 5) is 0. The Bertz CT molecular complexity index is 6930. The first-order valence-electron chi connectivity index (χ1n) is 40.7. The van der Waals surface area contributed by atoms with Gasteiger partial charge in [-0.05, 0) is 291 Å². The van der Waals surface area contributed by atoms with Crippen LogP contribution in [0.4, 0.5) is 0 Å². The summed E-state index contributed by atoms with van der Waals surface area (Å²) in [6, 6.07) is 136. The minimum Gasteiger partial charge on any atom is -0.0622 e. The number of hydrogen-bond acceptors (Lipinski definition) is 0. The van der Waals surface area contributed by atoms with Crippen LogP contribution in [0.3, 0.4) is 0 Å². The van der Waals surface area contributed by atoms with Crippen molar-refractivity contribution in [1.29, 1.82) is 0 Å². The molecule has 0 unspecified atom stereocenters. The van der Waals surface area contributed by atoms with E-state index < -0.39 is 0 Å². The summed E-state index contributed by atoms with van der Waals surface area (Å²) in [6.07, 6.45) is 0. The summed E-state index contributed by atoms with van der Waals surface area (Å²) >= 11 is 0. The van der Waals surface area contributed by atoms with Crippen LogP contribution in [0.15, 0.2) is 352 Å². The predicted molar refractivity (Wildman–Crippen MR) is 485 cm³/mol. The lowest BCUT2D eigenvalue weighted by Crippen LogP contribution is -2.15. The van der Waals surface area contributed by atoms with E-state index >= 15 is 0 Å². The summed E-state index contributed by atoms with van der Waals surface area (Å²) in [6.45, 7) is 19.3. The van der Waals surface area contributed by atoms with E-state index in [9.17, 15) is 0 Å². The highest BCUT2D eigenvalue weighted by Crippen LogP contribution is 2.59. The van der Waals surface area contributed by atoms with Crippen molar-refractivity contribution in [2.45, 2.75) is 77.0 Å². The second-order valence-corrected chi connectivity index (χ2v) is 34.8. The first-order valence-corrected chi connectivity index (χ1v) is 40.7. The van der Waals surface area contributed by atoms with Crippen molar-refractivity contribution in [2.75, 3.05) is 0 Å². The molecule has 0 radical (unpaired) electrons. The Morgan fingerprint density at radius 1 is 0.123 bits per heavy atom. The van der Waals surface area contributed by atoms with Crippen molar-refractivity contribution < 1.29 is 0 Å². The van der Waals surface area contributed by atoms with Crippen LogP contribution in [-0.4, -0.2) is 0 Å².